The van der Waals surface area contributed by atoms with Crippen molar-refractivity contribution in [2.45, 2.75) is 32.9 Å². The molecule has 3 heteroatoms. The molecule has 0 saturated heterocycles. The number of halogens is 2. The highest BCUT2D eigenvalue weighted by Gasteiger charge is 2.45. The number of nitrogens with one attached hydrogen (secondary N) is 1. The molecule has 1 saturated carbocycles. The Morgan fingerprint density at radius 2 is 2.20 bits per heavy atom. The molecule has 1 aromatic rings. The zero-order valence-corrected chi connectivity index (χ0v) is 10.6. The average Bonchev–Trinajstić information content (AvgIpc) is 2.76. The lowest BCUT2D eigenvalue weighted by atomic mass is 10.1. The van der Waals surface area contributed by atoms with E-state index in [1.54, 1.807) is 6.07 Å². The van der Waals surface area contributed by atoms with E-state index in [-0.39, 0.29) is 5.82 Å². The fourth-order valence-corrected chi connectivity index (χ4v) is 2.14. The van der Waals surface area contributed by atoms with E-state index in [2.05, 4.69) is 35.1 Å². The first-order valence-electron chi connectivity index (χ1n) is 5.16. The van der Waals surface area contributed by atoms with Crippen LogP contribution in [0.5, 0.6) is 0 Å². The molecule has 1 aromatic carbocycles. The van der Waals surface area contributed by atoms with E-state index >= 15 is 0 Å². The first-order chi connectivity index (χ1) is 6.99. The van der Waals surface area contributed by atoms with Gasteiger partial charge in [-0.2, -0.15) is 0 Å². The Morgan fingerprint density at radius 3 is 2.80 bits per heavy atom. The van der Waals surface area contributed by atoms with Crippen molar-refractivity contribution < 1.29 is 4.39 Å². The third kappa shape index (κ3) is 2.58. The Bertz CT molecular complexity index is 376. The molecule has 0 amide bonds. The van der Waals surface area contributed by atoms with E-state index in [4.69, 9.17) is 0 Å². The zero-order valence-electron chi connectivity index (χ0n) is 8.98. The van der Waals surface area contributed by atoms with E-state index in [9.17, 15) is 4.39 Å². The quantitative estimate of drug-likeness (QED) is 0.888. The first-order valence-corrected chi connectivity index (χ1v) is 5.96. The van der Waals surface area contributed by atoms with E-state index in [1.807, 2.05) is 6.07 Å². The summed E-state index contributed by atoms with van der Waals surface area (Å²) < 4.78 is 14.3. The van der Waals surface area contributed by atoms with Crippen molar-refractivity contribution in [1.29, 1.82) is 0 Å². The molecule has 0 spiro atoms. The lowest BCUT2D eigenvalue weighted by molar-refractivity contribution is 0.528. The Hall–Kier alpha value is -0.410. The number of hydrogen-bond donors (Lipinski definition) is 1. The summed E-state index contributed by atoms with van der Waals surface area (Å²) >= 11 is 3.35. The highest BCUT2D eigenvalue weighted by atomic mass is 79.9. The highest BCUT2D eigenvalue weighted by Crippen LogP contribution is 2.44. The first kappa shape index (κ1) is 11.1. The maximum Gasteiger partial charge on any atom is 0.127 e. The van der Waals surface area contributed by atoms with Gasteiger partial charge in [0, 0.05) is 22.6 Å². The normalized spacial score (nSPS) is 22.8. The van der Waals surface area contributed by atoms with Gasteiger partial charge >= 0.3 is 0 Å². The van der Waals surface area contributed by atoms with Crippen LogP contribution in [0.1, 0.15) is 25.8 Å². The number of rotatable bonds is 3. The van der Waals surface area contributed by atoms with Crippen LogP contribution < -0.4 is 5.32 Å². The minimum Gasteiger partial charge on any atom is -0.309 e. The molecule has 0 aromatic heterocycles. The van der Waals surface area contributed by atoms with Gasteiger partial charge in [-0.05, 0) is 30.0 Å². The van der Waals surface area contributed by atoms with Crippen molar-refractivity contribution in [3.05, 3.63) is 34.1 Å². The van der Waals surface area contributed by atoms with Crippen LogP contribution in [0.3, 0.4) is 0 Å². The van der Waals surface area contributed by atoms with Crippen LogP contribution in [0, 0.1) is 11.2 Å². The smallest absolute Gasteiger partial charge is 0.127 e. The minimum atomic E-state index is -0.135. The second-order valence-corrected chi connectivity index (χ2v) is 5.78. The van der Waals surface area contributed by atoms with Crippen molar-refractivity contribution >= 4 is 15.9 Å². The van der Waals surface area contributed by atoms with Crippen LogP contribution in [0.25, 0.3) is 0 Å². The zero-order chi connectivity index (χ0) is 11.1. The second-order valence-electron chi connectivity index (χ2n) is 4.86. The molecule has 1 atom stereocenters. The standard InChI is InChI=1S/C12H15BrFN/c1-12(2)6-11(12)15-7-8-5-9(13)3-4-10(8)14/h3-5,11,15H,6-7H2,1-2H3. The van der Waals surface area contributed by atoms with Gasteiger partial charge < -0.3 is 5.32 Å². The molecule has 1 aliphatic rings. The topological polar surface area (TPSA) is 12.0 Å². The Balaban J connectivity index is 1.96. The molecule has 1 fully saturated rings. The third-order valence-corrected chi connectivity index (χ3v) is 3.55. The third-order valence-electron chi connectivity index (χ3n) is 3.06. The Labute approximate surface area is 98.2 Å². The van der Waals surface area contributed by atoms with E-state index in [0.29, 0.717) is 18.0 Å². The van der Waals surface area contributed by atoms with Crippen LogP contribution in [0.2, 0.25) is 0 Å². The van der Waals surface area contributed by atoms with Crippen LogP contribution in [0.15, 0.2) is 22.7 Å². The van der Waals surface area contributed by atoms with Crippen LogP contribution in [0.4, 0.5) is 4.39 Å². The molecule has 1 unspecified atom stereocenters. The molecular formula is C12H15BrFN. The average molecular weight is 272 g/mol. The Kier molecular flexibility index (Phi) is 2.86. The summed E-state index contributed by atoms with van der Waals surface area (Å²) in [6, 6.07) is 5.59. The van der Waals surface area contributed by atoms with Crippen molar-refractivity contribution in [2.24, 2.45) is 5.41 Å². The van der Waals surface area contributed by atoms with E-state index in [0.717, 1.165) is 10.0 Å². The molecule has 0 aliphatic heterocycles. The summed E-state index contributed by atoms with van der Waals surface area (Å²) in [6.45, 7) is 5.06. The molecule has 0 bridgehead atoms. The molecule has 82 valence electrons. The van der Waals surface area contributed by atoms with Gasteiger partial charge in [0.1, 0.15) is 5.82 Å². The SMILES string of the molecule is CC1(C)CC1NCc1cc(Br)ccc1F. The number of benzene rings is 1. The molecule has 1 aliphatic carbocycles. The van der Waals surface area contributed by atoms with Gasteiger partial charge in [-0.1, -0.05) is 29.8 Å². The lowest BCUT2D eigenvalue weighted by Gasteiger charge is -2.07. The van der Waals surface area contributed by atoms with Gasteiger partial charge in [-0.3, -0.25) is 0 Å². The maximum absolute atomic E-state index is 13.4. The lowest BCUT2D eigenvalue weighted by Crippen LogP contribution is -2.20. The minimum absolute atomic E-state index is 0.135. The second kappa shape index (κ2) is 3.87. The number of hydrogen-bond acceptors (Lipinski definition) is 1. The van der Waals surface area contributed by atoms with Gasteiger partial charge in [-0.25, -0.2) is 4.39 Å². The monoisotopic (exact) mass is 271 g/mol. The summed E-state index contributed by atoms with van der Waals surface area (Å²) in [5, 5.41) is 3.37. The predicted molar refractivity (Wildman–Crippen MR) is 63.1 cm³/mol. The van der Waals surface area contributed by atoms with Crippen LogP contribution in [-0.2, 0) is 6.54 Å². The summed E-state index contributed by atoms with van der Waals surface area (Å²) in [4.78, 5) is 0. The van der Waals surface area contributed by atoms with Gasteiger partial charge in [0.05, 0.1) is 0 Å². The maximum atomic E-state index is 13.4. The van der Waals surface area contributed by atoms with Gasteiger partial charge in [0.25, 0.3) is 0 Å². The summed E-state index contributed by atoms with van der Waals surface area (Å²) in [5.74, 6) is -0.135. The summed E-state index contributed by atoms with van der Waals surface area (Å²) in [7, 11) is 0. The Morgan fingerprint density at radius 1 is 1.53 bits per heavy atom. The van der Waals surface area contributed by atoms with Crippen LogP contribution >= 0.6 is 15.9 Å². The van der Waals surface area contributed by atoms with Crippen molar-refractivity contribution in [3.63, 3.8) is 0 Å². The molecule has 0 heterocycles. The van der Waals surface area contributed by atoms with E-state index < -0.39 is 0 Å². The van der Waals surface area contributed by atoms with E-state index in [1.165, 1.54) is 12.5 Å². The van der Waals surface area contributed by atoms with Gasteiger partial charge in [-0.15, -0.1) is 0 Å². The fourth-order valence-electron chi connectivity index (χ4n) is 1.73. The van der Waals surface area contributed by atoms with Gasteiger partial charge in [0.15, 0.2) is 0 Å². The van der Waals surface area contributed by atoms with Gasteiger partial charge in [0.2, 0.25) is 0 Å². The highest BCUT2D eigenvalue weighted by molar-refractivity contribution is 9.10. The molecule has 0 radical (unpaired) electrons. The molecule has 2 rings (SSSR count). The van der Waals surface area contributed by atoms with Crippen molar-refractivity contribution in [1.82, 2.24) is 5.32 Å². The summed E-state index contributed by atoms with van der Waals surface area (Å²) in [6.07, 6.45) is 1.18. The van der Waals surface area contributed by atoms with Crippen molar-refractivity contribution in [3.8, 4) is 0 Å². The summed E-state index contributed by atoms with van der Waals surface area (Å²) in [5.41, 5.74) is 1.12. The van der Waals surface area contributed by atoms with Crippen molar-refractivity contribution in [2.75, 3.05) is 0 Å². The molecule has 15 heavy (non-hydrogen) atoms. The largest absolute Gasteiger partial charge is 0.309 e. The fraction of sp³-hybridized carbons (Fsp3) is 0.500. The molecule has 1 N–H and O–H groups in total. The predicted octanol–water partition coefficient (Wildman–Crippen LogP) is 3.48. The molecular weight excluding hydrogens is 257 g/mol. The van der Waals surface area contributed by atoms with Crippen LogP contribution in [-0.4, -0.2) is 6.04 Å². The molecule has 1 nitrogen and oxygen atoms in total.